The van der Waals surface area contributed by atoms with E-state index in [0.29, 0.717) is 98.7 Å². The van der Waals surface area contributed by atoms with E-state index in [0.717, 1.165) is 138 Å². The number of nitrogens with zero attached hydrogens (tertiary/aromatic N) is 5. The van der Waals surface area contributed by atoms with Crippen LogP contribution in [0.3, 0.4) is 0 Å². The van der Waals surface area contributed by atoms with Gasteiger partial charge in [-0.3, -0.25) is 4.79 Å². The number of hydrogen-bond donors (Lipinski definition) is 6. The quantitative estimate of drug-likeness (QED) is 0.0193. The molecule has 0 bridgehead atoms. The van der Waals surface area contributed by atoms with Gasteiger partial charge in [-0.2, -0.15) is 0 Å². The van der Waals surface area contributed by atoms with Gasteiger partial charge in [0, 0.05) is 54.2 Å². The summed E-state index contributed by atoms with van der Waals surface area (Å²) in [6.45, 7) is 29.0. The van der Waals surface area contributed by atoms with Crippen LogP contribution < -0.4 is 29.0 Å². The molecule has 5 aromatic heterocycles. The Bertz CT molecular complexity index is 4740. The van der Waals surface area contributed by atoms with Crippen molar-refractivity contribution < 1.29 is 96.6 Å². The summed E-state index contributed by atoms with van der Waals surface area (Å²) >= 11 is 7.45. The molecule has 6 N–H and O–H groups in total. The van der Waals surface area contributed by atoms with Crippen molar-refractivity contribution in [2.75, 3.05) is 79.2 Å². The number of thiazole rings is 5. The second-order valence-corrected chi connectivity index (χ2v) is 33.0. The van der Waals surface area contributed by atoms with Crippen molar-refractivity contribution in [1.82, 2.24) is 30.2 Å². The van der Waals surface area contributed by atoms with E-state index < -0.39 is 35.7 Å². The summed E-state index contributed by atoms with van der Waals surface area (Å²) in [6.07, 6.45) is 14.5. The second-order valence-electron chi connectivity index (χ2n) is 26.9. The fraction of sp³-hybridized carbons (Fsp3) is 0.420. The molecule has 5 heterocycles. The molecule has 0 saturated heterocycles. The lowest BCUT2D eigenvalue weighted by atomic mass is 10.0. The van der Waals surface area contributed by atoms with E-state index in [1.165, 1.54) is 89.6 Å². The van der Waals surface area contributed by atoms with Crippen molar-refractivity contribution >= 4 is 92.4 Å². The van der Waals surface area contributed by atoms with Gasteiger partial charge in [0.05, 0.1) is 78.6 Å². The fourth-order valence-corrected chi connectivity index (χ4v) is 14.9. The second kappa shape index (κ2) is 53.4. The molecule has 5 aromatic carbocycles. The van der Waals surface area contributed by atoms with Crippen LogP contribution in [0.25, 0.3) is 52.9 Å². The van der Waals surface area contributed by atoms with Gasteiger partial charge in [-0.1, -0.05) is 148 Å². The first-order valence-electron chi connectivity index (χ1n) is 39.7. The van der Waals surface area contributed by atoms with Gasteiger partial charge in [0.1, 0.15) is 50.7 Å². The number of carbonyl (C=O) groups is 6. The first kappa shape index (κ1) is 97.7. The molecule has 10 rings (SSSR count). The average molecular weight is 1730 g/mol. The number of hydrogen-bond acceptors (Lipinski definition) is 24. The zero-order valence-corrected chi connectivity index (χ0v) is 73.4. The fourth-order valence-electron chi connectivity index (χ4n) is 10.6. The van der Waals surface area contributed by atoms with Crippen LogP contribution in [0.4, 0.5) is 4.39 Å². The van der Waals surface area contributed by atoms with E-state index in [9.17, 15) is 33.2 Å². The standard InChI is InChI=1S/C19H24N2O4S.C19H25NO3S.C17H20FNO4S.C17H21NO4S.C16H19NO4S/c1-3-4-5-6-11-20-16(22)12-25-17-13(2)26-18(21-17)14-7-9-15(10-8-14)19(23)24;1-4-6-7-14(5-2)12-23-17-13(3)24-18(20-17)15-8-10-16(11-9-15)19(21)22;1-3-4-7-22-8-9-23-15-11(2)24-16(19-15)12-5-6-13(17(20)21)14(18)10-12;1-3-4-9-21-10-11-22-15-12(2)23-16(18-15)13-5-7-14(8-6-13)17(19)20;1-3-8-20-9-10-21-14-11(2)22-15(17-14)12-4-6-13(7-5-12)16(18)19/h7-10H,3-6,11-12H2,1-2H3,(H,20,22)(H,23,24);8-11,14H,4-7,12H2,1-3H3,(H,21,22);5-6,10H,3-4,7-9H2,1-2H3,(H,20,21);5-8H,3-4,9-11H2,1-2H3,(H,19,20);4-7H,3,8-10H2,1-2H3,(H,18,19). The van der Waals surface area contributed by atoms with Gasteiger partial charge in [-0.05, 0) is 133 Å². The molecule has 0 radical (unpaired) electrons. The third-order valence-electron chi connectivity index (χ3n) is 17.5. The normalized spacial score (nSPS) is 11.0. The Balaban J connectivity index is 0.000000231. The van der Waals surface area contributed by atoms with Crippen LogP contribution in [0.15, 0.2) is 115 Å². The van der Waals surface area contributed by atoms with E-state index in [4.69, 9.17) is 63.4 Å². The molecule has 0 aliphatic heterocycles. The predicted octanol–water partition coefficient (Wildman–Crippen LogP) is 21.1. The molecule has 1 unspecified atom stereocenters. The number of aromatic carboxylic acids is 5. The van der Waals surface area contributed by atoms with Crippen LogP contribution in [0.2, 0.25) is 0 Å². The number of carboxylic acids is 5. The Morgan fingerprint density at radius 3 is 1.01 bits per heavy atom. The summed E-state index contributed by atoms with van der Waals surface area (Å²) in [5, 5.41) is 51.3. The maximum Gasteiger partial charge on any atom is 0.338 e. The van der Waals surface area contributed by atoms with E-state index in [2.05, 4.69) is 71.8 Å². The molecular weight excluding hydrogens is 1620 g/mol. The number of nitrogens with one attached hydrogen (secondary N) is 1. The van der Waals surface area contributed by atoms with Crippen LogP contribution in [-0.4, -0.2) is 165 Å². The lowest BCUT2D eigenvalue weighted by Gasteiger charge is -2.14. The minimum atomic E-state index is -1.29. The highest BCUT2D eigenvalue weighted by molar-refractivity contribution is 7.16. The van der Waals surface area contributed by atoms with Crippen molar-refractivity contribution in [1.29, 1.82) is 0 Å². The molecule has 25 nitrogen and oxygen atoms in total. The van der Waals surface area contributed by atoms with Gasteiger partial charge in [-0.25, -0.2) is 53.3 Å². The Morgan fingerprint density at radius 1 is 0.361 bits per heavy atom. The Morgan fingerprint density at radius 2 is 0.689 bits per heavy atom. The minimum Gasteiger partial charge on any atom is -0.478 e. The molecule has 0 spiro atoms. The number of unbranched alkanes of at least 4 members (excludes halogenated alkanes) is 6. The number of aromatic nitrogens is 5. The number of ether oxygens (including phenoxy) is 8. The molecule has 0 aliphatic carbocycles. The van der Waals surface area contributed by atoms with Crippen molar-refractivity contribution in [3.8, 4) is 82.3 Å². The Kier molecular flexibility index (Phi) is 43.9. The molecule has 119 heavy (non-hydrogen) atoms. The summed E-state index contributed by atoms with van der Waals surface area (Å²) in [7, 11) is 0. The maximum absolute atomic E-state index is 13.8. The topological polar surface area (TPSA) is 354 Å². The largest absolute Gasteiger partial charge is 0.478 e. The number of carboxylic acid groups (broad SMARTS) is 5. The summed E-state index contributed by atoms with van der Waals surface area (Å²) in [5.74, 6) is -2.52. The highest BCUT2D eigenvalue weighted by Gasteiger charge is 2.20. The van der Waals surface area contributed by atoms with Crippen LogP contribution in [0, 0.1) is 46.4 Å². The van der Waals surface area contributed by atoms with Gasteiger partial charge < -0.3 is 68.7 Å². The van der Waals surface area contributed by atoms with Crippen LogP contribution in [0.1, 0.15) is 201 Å². The summed E-state index contributed by atoms with van der Waals surface area (Å²) < 4.78 is 58.4. The van der Waals surface area contributed by atoms with E-state index in [-0.39, 0.29) is 40.3 Å². The SMILES string of the molecule is CCCCC(CC)COc1nc(-c2ccc(C(=O)O)cc2)sc1C.CCCCCCNC(=O)COc1nc(-c2ccc(C(=O)O)cc2)sc1C.CCCCOCCOc1nc(-c2ccc(C(=O)O)c(F)c2)sc1C.CCCCOCCOc1nc(-c2ccc(C(=O)O)cc2)sc1C.CCCOCCOc1nc(-c2ccc(C(=O)O)cc2)sc1C. The summed E-state index contributed by atoms with van der Waals surface area (Å²) in [4.78, 5) is 93.3. The number of benzene rings is 5. The van der Waals surface area contributed by atoms with E-state index in [1.807, 2.05) is 34.6 Å². The molecule has 1 atom stereocenters. The maximum atomic E-state index is 13.8. The Labute approximate surface area is 715 Å². The number of amides is 1. The highest BCUT2D eigenvalue weighted by Crippen LogP contribution is 2.37. The van der Waals surface area contributed by atoms with Crippen molar-refractivity contribution in [2.45, 2.75) is 160 Å². The smallest absolute Gasteiger partial charge is 0.338 e. The number of halogens is 1. The minimum absolute atomic E-state index is 0.0598. The molecule has 31 heteroatoms. The number of rotatable bonds is 45. The van der Waals surface area contributed by atoms with Crippen LogP contribution in [-0.2, 0) is 19.0 Å². The van der Waals surface area contributed by atoms with Crippen molar-refractivity contribution in [3.63, 3.8) is 0 Å². The van der Waals surface area contributed by atoms with Gasteiger partial charge in [0.15, 0.2) is 6.61 Å². The Hall–Kier alpha value is -10.1. The van der Waals surface area contributed by atoms with Crippen molar-refractivity contribution in [3.05, 3.63) is 173 Å². The monoisotopic (exact) mass is 1730 g/mol. The molecule has 0 fully saturated rings. The van der Waals surface area contributed by atoms with E-state index in [1.54, 1.807) is 114 Å². The third-order valence-corrected chi connectivity index (χ3v) is 22.5. The molecule has 1 amide bonds. The van der Waals surface area contributed by atoms with Crippen molar-refractivity contribution in [2.24, 2.45) is 5.92 Å². The number of carbonyl (C=O) groups excluding carboxylic acids is 1. The lowest BCUT2D eigenvalue weighted by Crippen LogP contribution is -2.29. The zero-order chi connectivity index (χ0) is 86.6. The summed E-state index contributed by atoms with van der Waals surface area (Å²) in [6, 6.07) is 30.6. The van der Waals surface area contributed by atoms with E-state index >= 15 is 0 Å². The van der Waals surface area contributed by atoms with Crippen LogP contribution >= 0.6 is 56.7 Å². The van der Waals surface area contributed by atoms with Gasteiger partial charge >= 0.3 is 29.8 Å². The third kappa shape index (κ3) is 33.9. The molecule has 0 saturated carbocycles. The van der Waals surface area contributed by atoms with Gasteiger partial charge in [0.25, 0.3) is 5.91 Å². The molecular formula is C88H109FN6O19S5. The molecule has 642 valence electrons. The molecule has 10 aromatic rings. The summed E-state index contributed by atoms with van der Waals surface area (Å²) in [5.41, 5.74) is 4.72. The lowest BCUT2D eigenvalue weighted by molar-refractivity contribution is -0.123. The first-order chi connectivity index (χ1) is 57.3. The van der Waals surface area contributed by atoms with Crippen LogP contribution in [0.5, 0.6) is 29.4 Å². The predicted molar refractivity (Wildman–Crippen MR) is 467 cm³/mol. The average Bonchev–Trinajstić information content (AvgIpc) is 1.73. The first-order valence-corrected chi connectivity index (χ1v) is 43.8. The number of aryl methyl sites for hydroxylation is 5. The van der Waals surface area contributed by atoms with Gasteiger partial charge in [-0.15, -0.1) is 56.7 Å². The van der Waals surface area contributed by atoms with Gasteiger partial charge in [0.2, 0.25) is 29.4 Å². The highest BCUT2D eigenvalue weighted by atomic mass is 32.1. The molecule has 0 aliphatic rings. The zero-order valence-electron chi connectivity index (χ0n) is 69.3.